The van der Waals surface area contributed by atoms with Crippen LogP contribution in [-0.4, -0.2) is 23.1 Å². The van der Waals surface area contributed by atoms with Crippen LogP contribution in [0.3, 0.4) is 0 Å². The zero-order chi connectivity index (χ0) is 15.2. The fourth-order valence-corrected chi connectivity index (χ4v) is 3.25. The SMILES string of the molecule is c1cc2c(cc1-c1ccc3nc(C4CC4)[nH]c3c1)CNCCO2. The normalized spacial score (nSPS) is 17.6. The minimum Gasteiger partial charge on any atom is -0.492 e. The van der Waals surface area contributed by atoms with Crippen LogP contribution in [0.25, 0.3) is 22.2 Å². The van der Waals surface area contributed by atoms with Gasteiger partial charge in [0.2, 0.25) is 0 Å². The molecule has 2 aliphatic rings. The van der Waals surface area contributed by atoms with E-state index in [1.165, 1.54) is 29.5 Å². The van der Waals surface area contributed by atoms with Crippen LogP contribution < -0.4 is 10.1 Å². The van der Waals surface area contributed by atoms with E-state index in [2.05, 4.69) is 46.7 Å². The van der Waals surface area contributed by atoms with Crippen molar-refractivity contribution in [2.24, 2.45) is 0 Å². The maximum Gasteiger partial charge on any atom is 0.123 e. The summed E-state index contributed by atoms with van der Waals surface area (Å²) in [6.45, 7) is 2.49. The Morgan fingerprint density at radius 2 is 1.91 bits per heavy atom. The number of H-pyrrole nitrogens is 1. The van der Waals surface area contributed by atoms with E-state index in [-0.39, 0.29) is 0 Å². The molecule has 0 atom stereocenters. The number of hydrogen-bond donors (Lipinski definition) is 2. The zero-order valence-electron chi connectivity index (χ0n) is 12.9. The quantitative estimate of drug-likeness (QED) is 0.760. The summed E-state index contributed by atoms with van der Waals surface area (Å²) >= 11 is 0. The highest BCUT2D eigenvalue weighted by molar-refractivity contribution is 5.82. The summed E-state index contributed by atoms with van der Waals surface area (Å²) in [5.41, 5.74) is 5.86. The van der Waals surface area contributed by atoms with Crippen molar-refractivity contribution in [2.75, 3.05) is 13.2 Å². The predicted molar refractivity (Wildman–Crippen MR) is 90.7 cm³/mol. The van der Waals surface area contributed by atoms with Crippen molar-refractivity contribution in [2.45, 2.75) is 25.3 Å². The molecule has 5 rings (SSSR count). The number of hydrogen-bond acceptors (Lipinski definition) is 3. The molecule has 1 aromatic heterocycles. The van der Waals surface area contributed by atoms with Crippen LogP contribution in [0.5, 0.6) is 5.75 Å². The average molecular weight is 305 g/mol. The molecule has 0 radical (unpaired) electrons. The first-order valence-electron chi connectivity index (χ1n) is 8.33. The van der Waals surface area contributed by atoms with Crippen LogP contribution in [0, 0.1) is 0 Å². The van der Waals surface area contributed by atoms with Gasteiger partial charge < -0.3 is 15.0 Å². The number of benzene rings is 2. The van der Waals surface area contributed by atoms with Crippen molar-refractivity contribution in [3.05, 3.63) is 47.8 Å². The molecule has 116 valence electrons. The maximum atomic E-state index is 5.77. The molecule has 4 heteroatoms. The van der Waals surface area contributed by atoms with Crippen molar-refractivity contribution >= 4 is 11.0 Å². The lowest BCUT2D eigenvalue weighted by Crippen LogP contribution is -2.16. The summed E-state index contributed by atoms with van der Waals surface area (Å²) in [6.07, 6.45) is 2.54. The van der Waals surface area contributed by atoms with Gasteiger partial charge in [-0.15, -0.1) is 0 Å². The van der Waals surface area contributed by atoms with Crippen LogP contribution in [0.2, 0.25) is 0 Å². The average Bonchev–Trinajstić information content (AvgIpc) is 3.37. The highest BCUT2D eigenvalue weighted by atomic mass is 16.5. The first-order valence-corrected chi connectivity index (χ1v) is 8.33. The Balaban J connectivity index is 1.55. The minimum atomic E-state index is 0.654. The van der Waals surface area contributed by atoms with E-state index >= 15 is 0 Å². The molecule has 0 saturated heterocycles. The van der Waals surface area contributed by atoms with Crippen molar-refractivity contribution < 1.29 is 4.74 Å². The van der Waals surface area contributed by atoms with Crippen LogP contribution in [-0.2, 0) is 6.54 Å². The third-order valence-corrected chi connectivity index (χ3v) is 4.71. The fourth-order valence-electron chi connectivity index (χ4n) is 3.25. The summed E-state index contributed by atoms with van der Waals surface area (Å²) in [6, 6.07) is 12.9. The Morgan fingerprint density at radius 3 is 2.83 bits per heavy atom. The Labute approximate surface area is 134 Å². The summed E-state index contributed by atoms with van der Waals surface area (Å²) < 4.78 is 5.77. The Hall–Kier alpha value is -2.33. The number of ether oxygens (including phenoxy) is 1. The molecule has 0 unspecified atom stereocenters. The zero-order valence-corrected chi connectivity index (χ0v) is 12.9. The Morgan fingerprint density at radius 1 is 1.04 bits per heavy atom. The number of rotatable bonds is 2. The smallest absolute Gasteiger partial charge is 0.123 e. The molecule has 23 heavy (non-hydrogen) atoms. The minimum absolute atomic E-state index is 0.654. The topological polar surface area (TPSA) is 49.9 Å². The van der Waals surface area contributed by atoms with E-state index in [0.717, 1.165) is 42.3 Å². The maximum absolute atomic E-state index is 5.77. The van der Waals surface area contributed by atoms with Gasteiger partial charge in [0.25, 0.3) is 0 Å². The number of aromatic amines is 1. The van der Waals surface area contributed by atoms with Gasteiger partial charge in [0.1, 0.15) is 18.2 Å². The molecule has 0 bridgehead atoms. The molecular formula is C19H19N3O. The van der Waals surface area contributed by atoms with E-state index < -0.39 is 0 Å². The van der Waals surface area contributed by atoms with E-state index in [1.807, 2.05) is 0 Å². The van der Waals surface area contributed by atoms with Crippen molar-refractivity contribution in [1.29, 1.82) is 0 Å². The highest BCUT2D eigenvalue weighted by Gasteiger charge is 2.26. The Bertz CT molecular complexity index is 879. The number of nitrogens with one attached hydrogen (secondary N) is 2. The van der Waals surface area contributed by atoms with Gasteiger partial charge in [-0.05, 0) is 48.2 Å². The summed E-state index contributed by atoms with van der Waals surface area (Å²) in [7, 11) is 0. The van der Waals surface area contributed by atoms with Gasteiger partial charge in [0, 0.05) is 24.6 Å². The lowest BCUT2D eigenvalue weighted by atomic mass is 10.0. The Kier molecular flexibility index (Phi) is 2.91. The second-order valence-corrected chi connectivity index (χ2v) is 6.48. The molecule has 1 aliphatic heterocycles. The van der Waals surface area contributed by atoms with E-state index in [0.29, 0.717) is 5.92 Å². The molecule has 0 spiro atoms. The van der Waals surface area contributed by atoms with Gasteiger partial charge in [0.15, 0.2) is 0 Å². The van der Waals surface area contributed by atoms with Crippen LogP contribution in [0.15, 0.2) is 36.4 Å². The van der Waals surface area contributed by atoms with Gasteiger partial charge in [-0.3, -0.25) is 0 Å². The molecule has 3 aromatic rings. The third-order valence-electron chi connectivity index (χ3n) is 4.71. The molecule has 1 fully saturated rings. The number of fused-ring (bicyclic) bond motifs is 2. The van der Waals surface area contributed by atoms with Gasteiger partial charge in [-0.1, -0.05) is 12.1 Å². The summed E-state index contributed by atoms with van der Waals surface area (Å²) in [5.74, 6) is 2.80. The van der Waals surface area contributed by atoms with Gasteiger partial charge in [-0.2, -0.15) is 0 Å². The standard InChI is InChI=1S/C19H19N3O/c1-2-12(1)19-21-16-5-3-14(10-17(16)22-19)13-4-6-18-15(9-13)11-20-7-8-23-18/h3-6,9-10,12,20H,1-2,7-8,11H2,(H,21,22). The molecule has 4 nitrogen and oxygen atoms in total. The van der Waals surface area contributed by atoms with Crippen molar-refractivity contribution in [3.63, 3.8) is 0 Å². The van der Waals surface area contributed by atoms with Gasteiger partial charge in [0.05, 0.1) is 11.0 Å². The van der Waals surface area contributed by atoms with Crippen LogP contribution in [0.4, 0.5) is 0 Å². The van der Waals surface area contributed by atoms with E-state index in [9.17, 15) is 0 Å². The van der Waals surface area contributed by atoms with E-state index in [4.69, 9.17) is 9.72 Å². The molecule has 1 saturated carbocycles. The second kappa shape index (κ2) is 5.10. The van der Waals surface area contributed by atoms with Crippen molar-refractivity contribution in [1.82, 2.24) is 15.3 Å². The molecule has 0 amide bonds. The molecule has 2 heterocycles. The summed E-state index contributed by atoms with van der Waals surface area (Å²) in [5, 5.41) is 3.39. The van der Waals surface area contributed by atoms with E-state index in [1.54, 1.807) is 0 Å². The monoisotopic (exact) mass is 305 g/mol. The number of aromatic nitrogens is 2. The van der Waals surface area contributed by atoms with Gasteiger partial charge in [-0.25, -0.2) is 4.98 Å². The number of imidazole rings is 1. The van der Waals surface area contributed by atoms with Crippen molar-refractivity contribution in [3.8, 4) is 16.9 Å². The number of nitrogens with zero attached hydrogens (tertiary/aromatic N) is 1. The first-order chi connectivity index (χ1) is 11.4. The largest absolute Gasteiger partial charge is 0.492 e. The molecule has 1 aliphatic carbocycles. The van der Waals surface area contributed by atoms with Gasteiger partial charge >= 0.3 is 0 Å². The lowest BCUT2D eigenvalue weighted by molar-refractivity contribution is 0.326. The predicted octanol–water partition coefficient (Wildman–Crippen LogP) is 3.59. The fraction of sp³-hybridized carbons (Fsp3) is 0.316. The lowest BCUT2D eigenvalue weighted by Gasteiger charge is -2.09. The molecule has 2 aromatic carbocycles. The first kappa shape index (κ1) is 13.1. The van der Waals surface area contributed by atoms with Crippen LogP contribution >= 0.6 is 0 Å². The second-order valence-electron chi connectivity index (χ2n) is 6.48. The highest BCUT2D eigenvalue weighted by Crippen LogP contribution is 2.39. The van der Waals surface area contributed by atoms with Crippen LogP contribution in [0.1, 0.15) is 30.1 Å². The third kappa shape index (κ3) is 2.39. The molecular weight excluding hydrogens is 286 g/mol. The molecule has 2 N–H and O–H groups in total. The summed E-state index contributed by atoms with van der Waals surface area (Å²) in [4.78, 5) is 8.20.